The molecule has 0 heterocycles. The molecule has 1 saturated carbocycles. The largest absolute Gasteiger partial charge is 0.478 e. The van der Waals surface area contributed by atoms with Gasteiger partial charge in [0.15, 0.2) is 0 Å². The van der Waals surface area contributed by atoms with Gasteiger partial charge in [0, 0.05) is 23.8 Å². The second kappa shape index (κ2) is 10.1. The number of carbonyl (C=O) groups excluding carboxylic acids is 1. The standard InChI is InChI=1S/C24H27F3N2O3/c1-2-16-5-8-18(24(25,26)27)13-21(16)22(30)29-20-9-3-15(4-10-20)14-28-19-11-6-17(7-12-19)23(31)32/h5-8,11-13,15,20,28H,2-4,9-10,14H2,1H3,(H,29,30)(H,31,32). The fraction of sp³-hybridized carbons (Fsp3) is 0.417. The van der Waals surface area contributed by atoms with Crippen LogP contribution >= 0.6 is 0 Å². The summed E-state index contributed by atoms with van der Waals surface area (Å²) in [6.45, 7) is 2.55. The maximum Gasteiger partial charge on any atom is 0.416 e. The summed E-state index contributed by atoms with van der Waals surface area (Å²) in [5.74, 6) is -1.01. The Balaban J connectivity index is 1.51. The van der Waals surface area contributed by atoms with E-state index in [9.17, 15) is 22.8 Å². The van der Waals surface area contributed by atoms with Gasteiger partial charge in [0.2, 0.25) is 0 Å². The monoisotopic (exact) mass is 448 g/mol. The van der Waals surface area contributed by atoms with Crippen LogP contribution in [-0.4, -0.2) is 29.6 Å². The lowest BCUT2D eigenvalue weighted by atomic mass is 9.85. The number of anilines is 1. The maximum atomic E-state index is 13.1. The lowest BCUT2D eigenvalue weighted by Gasteiger charge is -2.29. The summed E-state index contributed by atoms with van der Waals surface area (Å²) in [5.41, 5.74) is 0.963. The van der Waals surface area contributed by atoms with Gasteiger partial charge in [-0.25, -0.2) is 4.79 Å². The summed E-state index contributed by atoms with van der Waals surface area (Å²) in [6.07, 6.45) is -0.720. The molecule has 0 bridgehead atoms. The van der Waals surface area contributed by atoms with E-state index >= 15 is 0 Å². The molecule has 3 N–H and O–H groups in total. The topological polar surface area (TPSA) is 78.4 Å². The zero-order valence-corrected chi connectivity index (χ0v) is 17.8. The minimum Gasteiger partial charge on any atom is -0.478 e. The number of amides is 1. The van der Waals surface area contributed by atoms with Crippen LogP contribution in [-0.2, 0) is 12.6 Å². The van der Waals surface area contributed by atoms with Crippen LogP contribution in [0.4, 0.5) is 18.9 Å². The molecule has 0 aromatic heterocycles. The van der Waals surface area contributed by atoms with Crippen molar-refractivity contribution in [3.63, 3.8) is 0 Å². The number of aromatic carboxylic acids is 1. The second-order valence-electron chi connectivity index (χ2n) is 8.18. The SMILES string of the molecule is CCc1ccc(C(F)(F)F)cc1C(=O)NC1CCC(CNc2ccc(C(=O)O)cc2)CC1. The van der Waals surface area contributed by atoms with Crippen molar-refractivity contribution in [2.75, 3.05) is 11.9 Å². The van der Waals surface area contributed by atoms with E-state index in [0.717, 1.165) is 50.0 Å². The molecule has 1 aliphatic carbocycles. The number of nitrogens with one attached hydrogen (secondary N) is 2. The highest BCUT2D eigenvalue weighted by atomic mass is 19.4. The molecule has 3 rings (SSSR count). The minimum atomic E-state index is -4.49. The van der Waals surface area contributed by atoms with Crippen LogP contribution in [0.25, 0.3) is 0 Å². The van der Waals surface area contributed by atoms with Crippen molar-refractivity contribution < 1.29 is 27.9 Å². The highest BCUT2D eigenvalue weighted by Crippen LogP contribution is 2.31. The average molecular weight is 448 g/mol. The van der Waals surface area contributed by atoms with Gasteiger partial charge in [0.25, 0.3) is 5.91 Å². The highest BCUT2D eigenvalue weighted by molar-refractivity contribution is 5.96. The average Bonchev–Trinajstić information content (AvgIpc) is 2.77. The third-order valence-corrected chi connectivity index (χ3v) is 5.97. The van der Waals surface area contributed by atoms with Gasteiger partial charge in [-0.15, -0.1) is 0 Å². The summed E-state index contributed by atoms with van der Waals surface area (Å²) in [7, 11) is 0. The Morgan fingerprint density at radius 2 is 1.69 bits per heavy atom. The van der Waals surface area contributed by atoms with E-state index in [-0.39, 0.29) is 17.2 Å². The molecule has 0 unspecified atom stereocenters. The van der Waals surface area contributed by atoms with Crippen LogP contribution in [0.5, 0.6) is 0 Å². The van der Waals surface area contributed by atoms with Gasteiger partial charge in [0.1, 0.15) is 0 Å². The third kappa shape index (κ3) is 6.02. The zero-order chi connectivity index (χ0) is 23.3. The molecular weight excluding hydrogens is 421 g/mol. The van der Waals surface area contributed by atoms with E-state index in [2.05, 4.69) is 10.6 Å². The van der Waals surface area contributed by atoms with Crippen LogP contribution in [0.3, 0.4) is 0 Å². The molecule has 172 valence electrons. The molecule has 2 aromatic carbocycles. The van der Waals surface area contributed by atoms with E-state index < -0.39 is 23.6 Å². The lowest BCUT2D eigenvalue weighted by Crippen LogP contribution is -2.39. The number of hydrogen-bond donors (Lipinski definition) is 3. The van der Waals surface area contributed by atoms with Gasteiger partial charge in [-0.2, -0.15) is 13.2 Å². The molecule has 1 fully saturated rings. The smallest absolute Gasteiger partial charge is 0.416 e. The van der Waals surface area contributed by atoms with E-state index in [1.165, 1.54) is 6.07 Å². The molecule has 8 heteroatoms. The summed E-state index contributed by atoms with van der Waals surface area (Å²) < 4.78 is 39.2. The first-order valence-electron chi connectivity index (χ1n) is 10.8. The molecule has 1 aliphatic rings. The predicted molar refractivity (Wildman–Crippen MR) is 116 cm³/mol. The molecule has 0 saturated heterocycles. The number of carboxylic acids is 1. The summed E-state index contributed by atoms with van der Waals surface area (Å²) >= 11 is 0. The number of rotatable bonds is 7. The van der Waals surface area contributed by atoms with Crippen molar-refractivity contribution in [3.05, 3.63) is 64.7 Å². The highest BCUT2D eigenvalue weighted by Gasteiger charge is 2.32. The molecule has 0 radical (unpaired) electrons. The van der Waals surface area contributed by atoms with Crippen molar-refractivity contribution >= 4 is 17.6 Å². The van der Waals surface area contributed by atoms with Crippen molar-refractivity contribution in [1.29, 1.82) is 0 Å². The van der Waals surface area contributed by atoms with Gasteiger partial charge >= 0.3 is 12.1 Å². The molecule has 32 heavy (non-hydrogen) atoms. The number of hydrogen-bond acceptors (Lipinski definition) is 3. The van der Waals surface area contributed by atoms with Gasteiger partial charge in [-0.05, 0) is 80.0 Å². The number of halogens is 3. The second-order valence-corrected chi connectivity index (χ2v) is 8.18. The zero-order valence-electron chi connectivity index (χ0n) is 17.8. The molecule has 2 aromatic rings. The summed E-state index contributed by atoms with van der Waals surface area (Å²) in [5, 5.41) is 15.2. The van der Waals surface area contributed by atoms with Crippen molar-refractivity contribution in [1.82, 2.24) is 5.32 Å². The summed E-state index contributed by atoms with van der Waals surface area (Å²) in [6, 6.07) is 9.84. The normalized spacial score (nSPS) is 18.8. The number of alkyl halides is 3. The Bertz CT molecular complexity index is 950. The molecular formula is C24H27F3N2O3. The molecule has 0 aliphatic heterocycles. The lowest BCUT2D eigenvalue weighted by molar-refractivity contribution is -0.137. The number of aryl methyl sites for hydroxylation is 1. The predicted octanol–water partition coefficient (Wildman–Crippen LogP) is 5.37. The Morgan fingerprint density at radius 3 is 2.25 bits per heavy atom. The van der Waals surface area contributed by atoms with E-state index in [4.69, 9.17) is 5.11 Å². The van der Waals surface area contributed by atoms with Crippen molar-refractivity contribution in [2.45, 2.75) is 51.2 Å². The number of carbonyl (C=O) groups is 2. The molecule has 0 atom stereocenters. The Labute approximate surface area is 185 Å². The van der Waals surface area contributed by atoms with Crippen LogP contribution in [0.2, 0.25) is 0 Å². The molecule has 5 nitrogen and oxygen atoms in total. The van der Waals surface area contributed by atoms with Gasteiger partial charge in [0.05, 0.1) is 11.1 Å². The van der Waals surface area contributed by atoms with E-state index in [1.807, 2.05) is 6.92 Å². The number of benzene rings is 2. The van der Waals surface area contributed by atoms with E-state index in [0.29, 0.717) is 17.9 Å². The Morgan fingerprint density at radius 1 is 1.03 bits per heavy atom. The third-order valence-electron chi connectivity index (χ3n) is 5.97. The molecule has 0 spiro atoms. The fourth-order valence-corrected chi connectivity index (χ4v) is 4.04. The minimum absolute atomic E-state index is 0.0622. The fourth-order valence-electron chi connectivity index (χ4n) is 4.04. The van der Waals surface area contributed by atoms with Crippen LogP contribution in [0.15, 0.2) is 42.5 Å². The maximum absolute atomic E-state index is 13.1. The van der Waals surface area contributed by atoms with Crippen LogP contribution < -0.4 is 10.6 Å². The Hall–Kier alpha value is -3.03. The first-order valence-corrected chi connectivity index (χ1v) is 10.8. The van der Waals surface area contributed by atoms with Crippen molar-refractivity contribution in [2.24, 2.45) is 5.92 Å². The number of carboxylic acid groups (broad SMARTS) is 1. The quantitative estimate of drug-likeness (QED) is 0.532. The van der Waals surface area contributed by atoms with Gasteiger partial charge in [-0.1, -0.05) is 13.0 Å². The molecule has 1 amide bonds. The first-order chi connectivity index (χ1) is 15.2. The first kappa shape index (κ1) is 23.6. The van der Waals surface area contributed by atoms with Crippen LogP contribution in [0, 0.1) is 5.92 Å². The van der Waals surface area contributed by atoms with E-state index in [1.54, 1.807) is 24.3 Å². The Kier molecular flexibility index (Phi) is 7.43. The van der Waals surface area contributed by atoms with Crippen molar-refractivity contribution in [3.8, 4) is 0 Å². The summed E-state index contributed by atoms with van der Waals surface area (Å²) in [4.78, 5) is 23.6. The van der Waals surface area contributed by atoms with Gasteiger partial charge in [-0.3, -0.25) is 4.79 Å². The van der Waals surface area contributed by atoms with Gasteiger partial charge < -0.3 is 15.7 Å². The van der Waals surface area contributed by atoms with Crippen LogP contribution in [0.1, 0.15) is 64.4 Å².